The molecule has 0 spiro atoms. The van der Waals surface area contributed by atoms with Gasteiger partial charge in [-0.25, -0.2) is 4.98 Å². The highest BCUT2D eigenvalue weighted by Crippen LogP contribution is 2.38. The van der Waals surface area contributed by atoms with Crippen LogP contribution in [0, 0.1) is 13.8 Å². The topological polar surface area (TPSA) is 74.5 Å². The van der Waals surface area contributed by atoms with Gasteiger partial charge in [0, 0.05) is 6.07 Å². The predicted octanol–water partition coefficient (Wildman–Crippen LogP) is 2.50. The molecule has 1 heterocycles. The summed E-state index contributed by atoms with van der Waals surface area (Å²) in [6, 6.07) is 0.800. The largest absolute Gasteiger partial charge is 0.573 e. The van der Waals surface area contributed by atoms with Gasteiger partial charge in [-0.1, -0.05) is 0 Å². The molecule has 0 bridgehead atoms. The van der Waals surface area contributed by atoms with Gasteiger partial charge in [-0.3, -0.25) is 10.1 Å². The summed E-state index contributed by atoms with van der Waals surface area (Å²) in [5.74, 6) is -1.50. The molecule has 17 heavy (non-hydrogen) atoms. The van der Waals surface area contributed by atoms with Crippen LogP contribution in [-0.2, 0) is 0 Å². The summed E-state index contributed by atoms with van der Waals surface area (Å²) in [5.41, 5.74) is -0.967. The molecule has 0 fully saturated rings. The van der Waals surface area contributed by atoms with E-state index >= 15 is 0 Å². The van der Waals surface area contributed by atoms with Crippen molar-refractivity contribution in [2.45, 2.75) is 6.36 Å². The molecule has 1 rings (SSSR count). The molecule has 0 saturated heterocycles. The number of aromatic nitrogens is 1. The van der Waals surface area contributed by atoms with Crippen molar-refractivity contribution in [3.05, 3.63) is 19.9 Å². The maximum absolute atomic E-state index is 12.0. The first-order chi connectivity index (χ1) is 7.74. The Balaban J connectivity index is 3.35. The number of ether oxygens (including phenoxy) is 2. The highest BCUT2D eigenvalue weighted by Gasteiger charge is 2.36. The number of alkyl halides is 3. The number of hydrogen-bond donors (Lipinski definition) is 0. The van der Waals surface area contributed by atoms with Crippen LogP contribution in [0.5, 0.6) is 11.6 Å². The second-order valence-corrected chi connectivity index (χ2v) is 3.71. The molecule has 1 aromatic rings. The Morgan fingerprint density at radius 2 is 2.12 bits per heavy atom. The fourth-order valence-corrected chi connectivity index (χ4v) is 1.48. The van der Waals surface area contributed by atoms with E-state index in [4.69, 9.17) is 0 Å². The summed E-state index contributed by atoms with van der Waals surface area (Å²) in [6.45, 7) is 0. The standard InChI is InChI=1S/C7H4F3IN2O4/c1-16-6-5(13(14)15)3(2-4(11)12-6)17-7(8,9)10/h2H,1H3. The zero-order valence-corrected chi connectivity index (χ0v) is 10.3. The molecule has 0 aliphatic carbocycles. The molecular weight excluding hydrogens is 360 g/mol. The number of nitrogens with zero attached hydrogens (tertiary/aromatic N) is 2. The molecule has 0 radical (unpaired) electrons. The lowest BCUT2D eigenvalue weighted by molar-refractivity contribution is -0.389. The zero-order chi connectivity index (χ0) is 13.2. The van der Waals surface area contributed by atoms with Crippen LogP contribution < -0.4 is 9.47 Å². The lowest BCUT2D eigenvalue weighted by Gasteiger charge is -2.10. The molecule has 94 valence electrons. The Morgan fingerprint density at radius 3 is 2.53 bits per heavy atom. The van der Waals surface area contributed by atoms with Gasteiger partial charge in [0.1, 0.15) is 3.70 Å². The van der Waals surface area contributed by atoms with Crippen molar-refractivity contribution in [1.82, 2.24) is 4.98 Å². The second-order valence-electron chi connectivity index (χ2n) is 2.61. The number of nitro groups is 1. The maximum Gasteiger partial charge on any atom is 0.573 e. The van der Waals surface area contributed by atoms with Crippen LogP contribution in [0.15, 0.2) is 6.07 Å². The molecule has 0 aromatic carbocycles. The molecule has 0 N–H and O–H groups in total. The summed E-state index contributed by atoms with van der Waals surface area (Å²) in [5, 5.41) is 10.6. The first-order valence-electron chi connectivity index (χ1n) is 3.89. The number of hydrogen-bond acceptors (Lipinski definition) is 5. The lowest BCUT2D eigenvalue weighted by atomic mass is 10.4. The Hall–Kier alpha value is -1.33. The van der Waals surface area contributed by atoms with Gasteiger partial charge in [-0.2, -0.15) is 0 Å². The number of pyridine rings is 1. The van der Waals surface area contributed by atoms with Crippen molar-refractivity contribution in [3.8, 4) is 11.6 Å². The van der Waals surface area contributed by atoms with E-state index in [1.807, 2.05) is 0 Å². The summed E-state index contributed by atoms with van der Waals surface area (Å²) < 4.78 is 44.3. The van der Waals surface area contributed by atoms with Crippen LogP contribution >= 0.6 is 22.6 Å². The van der Waals surface area contributed by atoms with Crippen molar-refractivity contribution in [2.75, 3.05) is 7.11 Å². The third-order valence-corrected chi connectivity index (χ3v) is 2.05. The fraction of sp³-hybridized carbons (Fsp3) is 0.286. The van der Waals surface area contributed by atoms with E-state index in [9.17, 15) is 23.3 Å². The number of halogens is 4. The van der Waals surface area contributed by atoms with Crippen LogP contribution in [0.25, 0.3) is 0 Å². The molecule has 0 aliphatic rings. The van der Waals surface area contributed by atoms with Crippen LogP contribution in [0.1, 0.15) is 0 Å². The molecule has 0 amide bonds. The SMILES string of the molecule is COc1nc(I)cc(OC(F)(F)F)c1[N+](=O)[O-]. The average Bonchev–Trinajstić information content (AvgIpc) is 2.12. The van der Waals surface area contributed by atoms with E-state index in [1.54, 1.807) is 22.6 Å². The van der Waals surface area contributed by atoms with Crippen LogP contribution in [0.2, 0.25) is 0 Å². The normalized spacial score (nSPS) is 11.1. The van der Waals surface area contributed by atoms with Crippen molar-refractivity contribution in [2.24, 2.45) is 0 Å². The Morgan fingerprint density at radius 1 is 1.53 bits per heavy atom. The monoisotopic (exact) mass is 364 g/mol. The minimum absolute atomic E-state index is 0.0734. The number of rotatable bonds is 3. The predicted molar refractivity (Wildman–Crippen MR) is 56.8 cm³/mol. The Bertz CT molecular complexity index is 451. The summed E-state index contributed by atoms with van der Waals surface area (Å²) >= 11 is 1.58. The average molecular weight is 364 g/mol. The van der Waals surface area contributed by atoms with Gasteiger partial charge in [0.25, 0.3) is 5.88 Å². The van der Waals surface area contributed by atoms with Gasteiger partial charge in [0.15, 0.2) is 0 Å². The molecule has 6 nitrogen and oxygen atoms in total. The second kappa shape index (κ2) is 4.89. The van der Waals surface area contributed by atoms with E-state index in [-0.39, 0.29) is 3.70 Å². The van der Waals surface area contributed by atoms with Gasteiger partial charge in [-0.15, -0.1) is 13.2 Å². The smallest absolute Gasteiger partial charge is 0.476 e. The van der Waals surface area contributed by atoms with Crippen molar-refractivity contribution >= 4 is 28.3 Å². The lowest BCUT2D eigenvalue weighted by Crippen LogP contribution is -2.18. The molecule has 10 heteroatoms. The maximum atomic E-state index is 12.0. The van der Waals surface area contributed by atoms with Crippen LogP contribution in [0.4, 0.5) is 18.9 Å². The summed E-state index contributed by atoms with van der Waals surface area (Å²) in [4.78, 5) is 13.2. The van der Waals surface area contributed by atoms with E-state index in [0.29, 0.717) is 0 Å². The van der Waals surface area contributed by atoms with Gasteiger partial charge in [0.2, 0.25) is 5.75 Å². The van der Waals surface area contributed by atoms with E-state index in [2.05, 4.69) is 14.5 Å². The summed E-state index contributed by atoms with van der Waals surface area (Å²) in [7, 11) is 1.06. The van der Waals surface area contributed by atoms with Crippen LogP contribution in [-0.4, -0.2) is 23.4 Å². The Kier molecular flexibility index (Phi) is 3.95. The van der Waals surface area contributed by atoms with Gasteiger partial charge < -0.3 is 9.47 Å². The van der Waals surface area contributed by atoms with Crippen LogP contribution in [0.3, 0.4) is 0 Å². The summed E-state index contributed by atoms with van der Waals surface area (Å²) in [6.07, 6.45) is -5.03. The molecule has 0 saturated carbocycles. The molecular formula is C7H4F3IN2O4. The van der Waals surface area contributed by atoms with Crippen molar-refractivity contribution in [1.29, 1.82) is 0 Å². The van der Waals surface area contributed by atoms with E-state index in [0.717, 1.165) is 13.2 Å². The highest BCUT2D eigenvalue weighted by atomic mass is 127. The first kappa shape index (κ1) is 13.7. The van der Waals surface area contributed by atoms with Gasteiger partial charge >= 0.3 is 12.0 Å². The minimum Gasteiger partial charge on any atom is -0.476 e. The van der Waals surface area contributed by atoms with Gasteiger partial charge in [0.05, 0.1) is 12.0 Å². The number of methoxy groups -OCH3 is 1. The fourth-order valence-electron chi connectivity index (χ4n) is 0.977. The van der Waals surface area contributed by atoms with Crippen molar-refractivity contribution in [3.63, 3.8) is 0 Å². The van der Waals surface area contributed by atoms with Crippen molar-refractivity contribution < 1.29 is 27.6 Å². The minimum atomic E-state index is -5.03. The first-order valence-corrected chi connectivity index (χ1v) is 4.97. The third-order valence-electron chi connectivity index (χ3n) is 1.50. The quantitative estimate of drug-likeness (QED) is 0.357. The zero-order valence-electron chi connectivity index (χ0n) is 8.12. The van der Waals surface area contributed by atoms with E-state index in [1.165, 1.54) is 0 Å². The van der Waals surface area contributed by atoms with E-state index < -0.39 is 28.6 Å². The molecule has 0 aliphatic heterocycles. The van der Waals surface area contributed by atoms with Gasteiger partial charge in [-0.05, 0) is 22.6 Å². The highest BCUT2D eigenvalue weighted by molar-refractivity contribution is 14.1. The molecule has 1 aromatic heterocycles. The molecule has 0 unspecified atom stereocenters. The molecule has 0 atom stereocenters. The third kappa shape index (κ3) is 3.57. The Labute approximate surface area is 106 Å².